The highest BCUT2D eigenvalue weighted by molar-refractivity contribution is 5.23. The number of rotatable bonds is 4. The van der Waals surface area contributed by atoms with E-state index in [0.29, 0.717) is 12.1 Å². The van der Waals surface area contributed by atoms with Crippen molar-refractivity contribution in [3.8, 4) is 0 Å². The fourth-order valence-corrected chi connectivity index (χ4v) is 1.83. The highest BCUT2D eigenvalue weighted by Crippen LogP contribution is 2.34. The van der Waals surface area contributed by atoms with Crippen molar-refractivity contribution in [3.63, 3.8) is 0 Å². The largest absolute Gasteiger partial charge is 0.395 e. The van der Waals surface area contributed by atoms with Crippen LogP contribution in [0.2, 0.25) is 0 Å². The highest BCUT2D eigenvalue weighted by Gasteiger charge is 2.27. The predicted molar refractivity (Wildman–Crippen MR) is 63.6 cm³/mol. The Morgan fingerprint density at radius 3 is 2.41 bits per heavy atom. The molecule has 1 aromatic carbocycles. The van der Waals surface area contributed by atoms with Crippen molar-refractivity contribution in [2.24, 2.45) is 5.41 Å². The standard InChI is InChI=1S/C13H19F2NO/c1-13(2,3)12(16-6-7-17)10-5-4-9(14)8-11(10)15/h4-5,8,12,16-17H,6-7H2,1-3H3. The van der Waals surface area contributed by atoms with Crippen molar-refractivity contribution in [1.29, 1.82) is 0 Å². The molecule has 2 N–H and O–H groups in total. The third-order valence-electron chi connectivity index (χ3n) is 2.60. The number of benzene rings is 1. The number of aliphatic hydroxyl groups is 1. The molecule has 1 unspecified atom stereocenters. The van der Waals surface area contributed by atoms with Gasteiger partial charge in [-0.3, -0.25) is 0 Å². The molecule has 96 valence electrons. The Morgan fingerprint density at radius 1 is 1.29 bits per heavy atom. The minimum absolute atomic E-state index is 0.0185. The second-order valence-corrected chi connectivity index (χ2v) is 5.14. The topological polar surface area (TPSA) is 32.3 Å². The molecule has 0 amide bonds. The highest BCUT2D eigenvalue weighted by atomic mass is 19.1. The number of aliphatic hydroxyl groups excluding tert-OH is 1. The summed E-state index contributed by atoms with van der Waals surface area (Å²) in [5.74, 6) is -1.14. The van der Waals surface area contributed by atoms with Crippen LogP contribution in [0.25, 0.3) is 0 Å². The molecule has 1 rings (SSSR count). The van der Waals surface area contributed by atoms with Crippen LogP contribution >= 0.6 is 0 Å². The summed E-state index contributed by atoms with van der Waals surface area (Å²) in [6.07, 6.45) is 0. The fourth-order valence-electron chi connectivity index (χ4n) is 1.83. The molecule has 0 aliphatic carbocycles. The lowest BCUT2D eigenvalue weighted by atomic mass is 9.82. The summed E-state index contributed by atoms with van der Waals surface area (Å²) >= 11 is 0. The van der Waals surface area contributed by atoms with Crippen molar-refractivity contribution in [3.05, 3.63) is 35.4 Å². The lowest BCUT2D eigenvalue weighted by molar-refractivity contribution is 0.231. The Hall–Kier alpha value is -1.00. The predicted octanol–water partition coefficient (Wildman–Crippen LogP) is 2.63. The molecule has 0 radical (unpaired) electrons. The van der Waals surface area contributed by atoms with Gasteiger partial charge in [-0.15, -0.1) is 0 Å². The van der Waals surface area contributed by atoms with Gasteiger partial charge in [0.25, 0.3) is 0 Å². The summed E-state index contributed by atoms with van der Waals surface area (Å²) < 4.78 is 26.6. The van der Waals surface area contributed by atoms with E-state index in [1.165, 1.54) is 12.1 Å². The average molecular weight is 243 g/mol. The van der Waals surface area contributed by atoms with E-state index in [9.17, 15) is 8.78 Å². The average Bonchev–Trinajstić information content (AvgIpc) is 2.19. The minimum atomic E-state index is -0.582. The SMILES string of the molecule is CC(C)(C)C(NCCO)c1ccc(F)cc1F. The van der Waals surface area contributed by atoms with Crippen molar-refractivity contribution < 1.29 is 13.9 Å². The van der Waals surface area contributed by atoms with Crippen LogP contribution < -0.4 is 5.32 Å². The molecule has 4 heteroatoms. The van der Waals surface area contributed by atoms with E-state index in [1.807, 2.05) is 20.8 Å². The quantitative estimate of drug-likeness (QED) is 0.852. The summed E-state index contributed by atoms with van der Waals surface area (Å²) in [7, 11) is 0. The van der Waals surface area contributed by atoms with E-state index in [2.05, 4.69) is 5.32 Å². The number of hydrogen-bond donors (Lipinski definition) is 2. The van der Waals surface area contributed by atoms with Crippen LogP contribution in [-0.4, -0.2) is 18.3 Å². The van der Waals surface area contributed by atoms with Crippen LogP contribution in [0, 0.1) is 17.0 Å². The normalized spacial score (nSPS) is 13.8. The van der Waals surface area contributed by atoms with Gasteiger partial charge in [0.05, 0.1) is 6.61 Å². The molecule has 1 atom stereocenters. The monoisotopic (exact) mass is 243 g/mol. The van der Waals surface area contributed by atoms with Crippen LogP contribution in [0.3, 0.4) is 0 Å². The molecule has 0 spiro atoms. The third-order valence-corrected chi connectivity index (χ3v) is 2.60. The molecule has 0 saturated carbocycles. The molecule has 0 aliphatic heterocycles. The molecule has 0 saturated heterocycles. The number of hydrogen-bond acceptors (Lipinski definition) is 2. The van der Waals surface area contributed by atoms with Gasteiger partial charge in [-0.2, -0.15) is 0 Å². The summed E-state index contributed by atoms with van der Waals surface area (Å²) in [4.78, 5) is 0. The van der Waals surface area contributed by atoms with E-state index in [1.54, 1.807) is 0 Å². The molecule has 17 heavy (non-hydrogen) atoms. The summed E-state index contributed by atoms with van der Waals surface area (Å²) in [6.45, 7) is 6.24. The van der Waals surface area contributed by atoms with E-state index in [4.69, 9.17) is 5.11 Å². The molecule has 0 bridgehead atoms. The second kappa shape index (κ2) is 5.56. The smallest absolute Gasteiger partial charge is 0.130 e. The summed E-state index contributed by atoms with van der Waals surface area (Å²) in [5.41, 5.74) is 0.195. The van der Waals surface area contributed by atoms with Crippen molar-refractivity contribution in [1.82, 2.24) is 5.32 Å². The molecule has 0 heterocycles. The first kappa shape index (κ1) is 14.1. The maximum Gasteiger partial charge on any atom is 0.130 e. The molecule has 0 aromatic heterocycles. The Bertz CT molecular complexity index is 374. The first-order valence-electron chi connectivity index (χ1n) is 5.65. The van der Waals surface area contributed by atoms with Gasteiger partial charge in [-0.25, -0.2) is 8.78 Å². The Balaban J connectivity index is 3.04. The van der Waals surface area contributed by atoms with Crippen LogP contribution in [-0.2, 0) is 0 Å². The van der Waals surface area contributed by atoms with Gasteiger partial charge in [0, 0.05) is 24.2 Å². The van der Waals surface area contributed by atoms with Gasteiger partial charge < -0.3 is 10.4 Å². The first-order valence-corrected chi connectivity index (χ1v) is 5.65. The van der Waals surface area contributed by atoms with Gasteiger partial charge in [-0.05, 0) is 11.5 Å². The van der Waals surface area contributed by atoms with Crippen LogP contribution in [0.5, 0.6) is 0 Å². The maximum atomic E-state index is 13.7. The van der Waals surface area contributed by atoms with Gasteiger partial charge in [0.1, 0.15) is 11.6 Å². The van der Waals surface area contributed by atoms with E-state index in [-0.39, 0.29) is 18.1 Å². The lowest BCUT2D eigenvalue weighted by Gasteiger charge is -2.32. The van der Waals surface area contributed by atoms with Crippen LogP contribution in [0.4, 0.5) is 8.78 Å². The van der Waals surface area contributed by atoms with Gasteiger partial charge >= 0.3 is 0 Å². The van der Waals surface area contributed by atoms with E-state index >= 15 is 0 Å². The van der Waals surface area contributed by atoms with Gasteiger partial charge in [0.2, 0.25) is 0 Å². The van der Waals surface area contributed by atoms with E-state index in [0.717, 1.165) is 6.07 Å². The van der Waals surface area contributed by atoms with Crippen molar-refractivity contribution in [2.45, 2.75) is 26.8 Å². The van der Waals surface area contributed by atoms with Crippen LogP contribution in [0.15, 0.2) is 18.2 Å². The third kappa shape index (κ3) is 3.75. The van der Waals surface area contributed by atoms with Crippen molar-refractivity contribution in [2.75, 3.05) is 13.2 Å². The Morgan fingerprint density at radius 2 is 1.94 bits per heavy atom. The Labute approximate surface area is 101 Å². The van der Waals surface area contributed by atoms with Gasteiger partial charge in [-0.1, -0.05) is 26.8 Å². The molecule has 1 aromatic rings. The molecule has 0 fully saturated rings. The fraction of sp³-hybridized carbons (Fsp3) is 0.538. The summed E-state index contributed by atoms with van der Waals surface area (Å²) in [5, 5.41) is 11.9. The number of halogens is 2. The molecule has 0 aliphatic rings. The Kier molecular flexibility index (Phi) is 4.60. The zero-order chi connectivity index (χ0) is 13.1. The van der Waals surface area contributed by atoms with Crippen LogP contribution in [0.1, 0.15) is 32.4 Å². The van der Waals surface area contributed by atoms with E-state index < -0.39 is 11.6 Å². The van der Waals surface area contributed by atoms with Crippen molar-refractivity contribution >= 4 is 0 Å². The summed E-state index contributed by atoms with van der Waals surface area (Å²) in [6, 6.07) is 3.31. The second-order valence-electron chi connectivity index (χ2n) is 5.14. The lowest BCUT2D eigenvalue weighted by Crippen LogP contribution is -2.34. The molecular formula is C13H19F2NO. The zero-order valence-corrected chi connectivity index (χ0v) is 10.4. The van der Waals surface area contributed by atoms with Gasteiger partial charge in [0.15, 0.2) is 0 Å². The minimum Gasteiger partial charge on any atom is -0.395 e. The molecular weight excluding hydrogens is 224 g/mol. The first-order chi connectivity index (χ1) is 7.86. The zero-order valence-electron chi connectivity index (χ0n) is 10.4. The molecule has 2 nitrogen and oxygen atoms in total. The number of nitrogens with one attached hydrogen (secondary N) is 1. The maximum absolute atomic E-state index is 13.7.